The van der Waals surface area contributed by atoms with Crippen LogP contribution in [0.1, 0.15) is 38.5 Å². The molecule has 164 valence electrons. The van der Waals surface area contributed by atoms with Gasteiger partial charge in [-0.05, 0) is 58.5 Å². The van der Waals surface area contributed by atoms with Crippen molar-refractivity contribution < 1.29 is 4.79 Å². The molecule has 4 aromatic rings. The Bertz CT molecular complexity index is 1290. The lowest BCUT2D eigenvalue weighted by atomic mass is 9.97. The molecular formula is C28H23ClN2OS. The molecule has 33 heavy (non-hydrogen) atoms. The van der Waals surface area contributed by atoms with Crippen LogP contribution < -0.4 is 5.32 Å². The molecule has 0 spiro atoms. The molecule has 3 aromatic carbocycles. The van der Waals surface area contributed by atoms with E-state index < -0.39 is 0 Å². The average molecular weight is 471 g/mol. The normalized spacial score (nSPS) is 12.4. The number of nitrogens with zero attached hydrogens (tertiary/aromatic N) is 1. The Morgan fingerprint density at radius 3 is 2.39 bits per heavy atom. The van der Waals surface area contributed by atoms with Gasteiger partial charge in [-0.1, -0.05) is 78.0 Å². The fourth-order valence-corrected chi connectivity index (χ4v) is 5.92. The van der Waals surface area contributed by atoms with Gasteiger partial charge in [-0.25, -0.2) is 4.98 Å². The van der Waals surface area contributed by atoms with Crippen molar-refractivity contribution in [3.05, 3.63) is 112 Å². The van der Waals surface area contributed by atoms with Crippen LogP contribution in [0.2, 0.25) is 5.02 Å². The summed E-state index contributed by atoms with van der Waals surface area (Å²) in [6.45, 7) is 3.55. The van der Waals surface area contributed by atoms with Gasteiger partial charge in [-0.3, -0.25) is 4.79 Å². The van der Waals surface area contributed by atoms with Gasteiger partial charge in [0.05, 0.1) is 5.02 Å². The summed E-state index contributed by atoms with van der Waals surface area (Å²) in [6, 6.07) is 25.0. The van der Waals surface area contributed by atoms with Gasteiger partial charge in [0.15, 0.2) is 6.29 Å². The van der Waals surface area contributed by atoms with Crippen molar-refractivity contribution in [1.29, 1.82) is 0 Å². The van der Waals surface area contributed by atoms with Crippen LogP contribution in [0.4, 0.5) is 0 Å². The SMILES string of the molecule is Cc1cc(Cl)c(Sc2ncccc2C=O)c(CNCC2c3ccccc3-c3ccccc32)c1. The van der Waals surface area contributed by atoms with Gasteiger partial charge in [0.2, 0.25) is 0 Å². The Labute approximate surface area is 203 Å². The highest BCUT2D eigenvalue weighted by Crippen LogP contribution is 2.44. The number of carbonyl (C=O) groups excluding carboxylic acids is 1. The molecular weight excluding hydrogens is 448 g/mol. The molecule has 1 aliphatic rings. The third-order valence-corrected chi connectivity index (χ3v) is 7.65. The smallest absolute Gasteiger partial charge is 0.152 e. The second-order valence-corrected chi connectivity index (χ2v) is 9.62. The molecule has 0 atom stereocenters. The van der Waals surface area contributed by atoms with Crippen LogP contribution in [0.15, 0.2) is 88.9 Å². The van der Waals surface area contributed by atoms with E-state index in [0.29, 0.717) is 28.1 Å². The molecule has 3 nitrogen and oxygen atoms in total. The number of halogens is 1. The molecule has 5 heteroatoms. The zero-order valence-electron chi connectivity index (χ0n) is 18.2. The summed E-state index contributed by atoms with van der Waals surface area (Å²) < 4.78 is 0. The van der Waals surface area contributed by atoms with E-state index in [-0.39, 0.29) is 0 Å². The molecule has 0 unspecified atom stereocenters. The minimum absolute atomic E-state index is 0.311. The number of benzene rings is 3. The number of aromatic nitrogens is 1. The molecule has 0 amide bonds. The Hall–Kier alpha value is -2.92. The number of aldehydes is 1. The summed E-state index contributed by atoms with van der Waals surface area (Å²) in [4.78, 5) is 16.8. The summed E-state index contributed by atoms with van der Waals surface area (Å²) in [5.74, 6) is 0.311. The van der Waals surface area contributed by atoms with E-state index in [1.807, 2.05) is 13.0 Å². The first-order chi connectivity index (χ1) is 16.2. The first-order valence-corrected chi connectivity index (χ1v) is 12.1. The first-order valence-electron chi connectivity index (χ1n) is 10.9. The summed E-state index contributed by atoms with van der Waals surface area (Å²) in [5, 5.41) is 5.01. The van der Waals surface area contributed by atoms with Crippen molar-refractivity contribution in [3.63, 3.8) is 0 Å². The van der Waals surface area contributed by atoms with Crippen LogP contribution in [-0.2, 0) is 6.54 Å². The second-order valence-electron chi connectivity index (χ2n) is 8.21. The molecule has 0 bridgehead atoms. The molecule has 1 aliphatic carbocycles. The van der Waals surface area contributed by atoms with Crippen LogP contribution in [0, 0.1) is 6.92 Å². The van der Waals surface area contributed by atoms with E-state index in [1.54, 1.807) is 18.3 Å². The third kappa shape index (κ3) is 4.34. The van der Waals surface area contributed by atoms with Crippen molar-refractivity contribution in [2.45, 2.75) is 29.3 Å². The van der Waals surface area contributed by atoms with Gasteiger partial charge in [0.25, 0.3) is 0 Å². The highest BCUT2D eigenvalue weighted by Gasteiger charge is 2.27. The van der Waals surface area contributed by atoms with Gasteiger partial charge < -0.3 is 5.32 Å². The van der Waals surface area contributed by atoms with Crippen molar-refractivity contribution in [2.75, 3.05) is 6.54 Å². The lowest BCUT2D eigenvalue weighted by molar-refractivity contribution is 0.112. The molecule has 0 saturated carbocycles. The van der Waals surface area contributed by atoms with Gasteiger partial charge >= 0.3 is 0 Å². The molecule has 0 fully saturated rings. The van der Waals surface area contributed by atoms with E-state index in [9.17, 15) is 4.79 Å². The molecule has 0 radical (unpaired) electrons. The zero-order valence-corrected chi connectivity index (χ0v) is 19.8. The fraction of sp³-hybridized carbons (Fsp3) is 0.143. The van der Waals surface area contributed by atoms with Crippen LogP contribution in [0.3, 0.4) is 0 Å². The molecule has 1 aromatic heterocycles. The van der Waals surface area contributed by atoms with Crippen molar-refractivity contribution in [2.24, 2.45) is 0 Å². The van der Waals surface area contributed by atoms with Crippen LogP contribution in [-0.4, -0.2) is 17.8 Å². The zero-order chi connectivity index (χ0) is 22.8. The van der Waals surface area contributed by atoms with Crippen molar-refractivity contribution in [3.8, 4) is 11.1 Å². The van der Waals surface area contributed by atoms with Gasteiger partial charge in [-0.2, -0.15) is 0 Å². The summed E-state index contributed by atoms with van der Waals surface area (Å²) in [5.41, 5.74) is 8.16. The van der Waals surface area contributed by atoms with Gasteiger partial charge in [0.1, 0.15) is 5.03 Å². The lowest BCUT2D eigenvalue weighted by Gasteiger charge is -2.17. The lowest BCUT2D eigenvalue weighted by Crippen LogP contribution is -2.21. The monoisotopic (exact) mass is 470 g/mol. The maximum atomic E-state index is 11.5. The van der Waals surface area contributed by atoms with E-state index >= 15 is 0 Å². The Kier molecular flexibility index (Phi) is 6.32. The summed E-state index contributed by atoms with van der Waals surface area (Å²) in [6.07, 6.45) is 2.54. The van der Waals surface area contributed by atoms with Crippen molar-refractivity contribution in [1.82, 2.24) is 10.3 Å². The Morgan fingerprint density at radius 2 is 1.70 bits per heavy atom. The average Bonchev–Trinajstić information content (AvgIpc) is 3.15. The second kappa shape index (κ2) is 9.52. The van der Waals surface area contributed by atoms with Crippen LogP contribution >= 0.6 is 23.4 Å². The number of carbonyl (C=O) groups is 1. The highest BCUT2D eigenvalue weighted by molar-refractivity contribution is 7.99. The number of aryl methyl sites for hydroxylation is 1. The number of hydrogen-bond acceptors (Lipinski definition) is 4. The maximum absolute atomic E-state index is 11.5. The minimum Gasteiger partial charge on any atom is -0.312 e. The molecule has 1 heterocycles. The van der Waals surface area contributed by atoms with E-state index in [2.05, 4.69) is 64.9 Å². The Morgan fingerprint density at radius 1 is 1.00 bits per heavy atom. The number of nitrogens with one attached hydrogen (secondary N) is 1. The van der Waals surface area contributed by atoms with Gasteiger partial charge in [0, 0.05) is 35.7 Å². The molecule has 0 saturated heterocycles. The molecule has 0 aliphatic heterocycles. The van der Waals surface area contributed by atoms with Crippen LogP contribution in [0.5, 0.6) is 0 Å². The fourth-order valence-electron chi connectivity index (χ4n) is 4.55. The minimum atomic E-state index is 0.311. The van der Waals surface area contributed by atoms with E-state index in [0.717, 1.165) is 28.9 Å². The Balaban J connectivity index is 1.39. The predicted octanol–water partition coefficient (Wildman–Crippen LogP) is 6.91. The highest BCUT2D eigenvalue weighted by atomic mass is 35.5. The quantitative estimate of drug-likeness (QED) is 0.298. The largest absolute Gasteiger partial charge is 0.312 e. The third-order valence-electron chi connectivity index (χ3n) is 6.02. The number of hydrogen-bond donors (Lipinski definition) is 1. The summed E-state index contributed by atoms with van der Waals surface area (Å²) >= 11 is 8.10. The molecule has 5 rings (SSSR count). The van der Waals surface area contributed by atoms with Crippen molar-refractivity contribution >= 4 is 29.6 Å². The summed E-state index contributed by atoms with van der Waals surface area (Å²) in [7, 11) is 0. The number of pyridine rings is 1. The topological polar surface area (TPSA) is 42.0 Å². The van der Waals surface area contributed by atoms with Gasteiger partial charge in [-0.15, -0.1) is 0 Å². The number of rotatable bonds is 7. The predicted molar refractivity (Wildman–Crippen MR) is 135 cm³/mol. The van der Waals surface area contributed by atoms with E-state index in [4.69, 9.17) is 11.6 Å². The standard InChI is InChI=1S/C28H23ClN2OS/c1-18-13-20(27(26(29)14-18)33-28-19(17-32)7-6-12-31-28)15-30-16-25-23-10-4-2-8-21(23)22-9-3-5-11-24(22)25/h2-14,17,25,30H,15-16H2,1H3. The first kappa shape index (κ1) is 21.9. The van der Waals surface area contributed by atoms with E-state index in [1.165, 1.54) is 34.0 Å². The maximum Gasteiger partial charge on any atom is 0.152 e. The molecule has 1 N–H and O–H groups in total. The number of fused-ring (bicyclic) bond motifs is 3. The van der Waals surface area contributed by atoms with Crippen LogP contribution in [0.25, 0.3) is 11.1 Å².